The molecule has 0 spiro atoms. The molecule has 0 saturated heterocycles. The molecule has 8 nitrogen and oxygen atoms in total. The van der Waals surface area contributed by atoms with Gasteiger partial charge in [-0.3, -0.25) is 14.6 Å². The molecule has 0 radical (unpaired) electrons. The number of carbonyl (C=O) groups excluding carboxylic acids is 2. The lowest BCUT2D eigenvalue weighted by atomic mass is 9.47. The van der Waals surface area contributed by atoms with Gasteiger partial charge in [-0.2, -0.15) is 0 Å². The fourth-order valence-corrected chi connectivity index (χ4v) is 10.4. The normalized spacial score (nSPS) is 36.9. The zero-order valence-electron chi connectivity index (χ0n) is 30.2. The summed E-state index contributed by atoms with van der Waals surface area (Å²) in [6, 6.07) is 3.88. The van der Waals surface area contributed by atoms with Crippen LogP contribution in [0.2, 0.25) is 0 Å². The van der Waals surface area contributed by atoms with Gasteiger partial charge in [-0.15, -0.1) is 0 Å². The van der Waals surface area contributed by atoms with E-state index < -0.39 is 30.4 Å². The minimum Gasteiger partial charge on any atom is -0.492 e. The molecule has 5 aliphatic rings. The van der Waals surface area contributed by atoms with Gasteiger partial charge in [0.2, 0.25) is 0 Å². The highest BCUT2D eigenvalue weighted by Crippen LogP contribution is 2.67. The Morgan fingerprint density at radius 2 is 1.88 bits per heavy atom. The van der Waals surface area contributed by atoms with Crippen molar-refractivity contribution in [3.8, 4) is 5.75 Å². The molecular formula is C41H57NO7. The van der Waals surface area contributed by atoms with Crippen LogP contribution >= 0.6 is 0 Å². The van der Waals surface area contributed by atoms with E-state index in [2.05, 4.69) is 37.9 Å². The summed E-state index contributed by atoms with van der Waals surface area (Å²) >= 11 is 0. The molecule has 1 aromatic heterocycles. The first-order chi connectivity index (χ1) is 23.6. The van der Waals surface area contributed by atoms with E-state index in [4.69, 9.17) is 23.7 Å². The van der Waals surface area contributed by atoms with Crippen LogP contribution in [0.4, 0.5) is 0 Å². The monoisotopic (exact) mass is 675 g/mol. The Labute approximate surface area is 293 Å². The van der Waals surface area contributed by atoms with E-state index in [0.29, 0.717) is 11.3 Å². The summed E-state index contributed by atoms with van der Waals surface area (Å²) in [5, 5.41) is 0. The third-order valence-electron chi connectivity index (χ3n) is 12.8. The highest BCUT2D eigenvalue weighted by Gasteiger charge is 2.58. The minimum absolute atomic E-state index is 0.00751. The lowest BCUT2D eigenvalue weighted by Crippen LogP contribution is -2.51. The van der Waals surface area contributed by atoms with Crippen LogP contribution in [0.5, 0.6) is 5.75 Å². The Morgan fingerprint density at radius 1 is 1.02 bits per heavy atom. The van der Waals surface area contributed by atoms with Gasteiger partial charge in [0, 0.05) is 20.0 Å². The molecule has 8 heteroatoms. The molecule has 1 unspecified atom stereocenters. The topological polar surface area (TPSA) is 93.2 Å². The van der Waals surface area contributed by atoms with Crippen LogP contribution in [0.1, 0.15) is 105 Å². The molecule has 1 aromatic rings. The second-order valence-corrected chi connectivity index (χ2v) is 15.7. The van der Waals surface area contributed by atoms with E-state index in [1.807, 2.05) is 18.2 Å². The number of nitrogens with zero attached hydrogens (tertiary/aromatic N) is 1. The Balaban J connectivity index is 1.03. The van der Waals surface area contributed by atoms with E-state index in [1.165, 1.54) is 46.0 Å². The van der Waals surface area contributed by atoms with Gasteiger partial charge in [0.1, 0.15) is 24.6 Å². The molecule has 0 bridgehead atoms. The van der Waals surface area contributed by atoms with Crippen molar-refractivity contribution in [2.24, 2.45) is 34.5 Å². The van der Waals surface area contributed by atoms with Crippen molar-refractivity contribution in [2.45, 2.75) is 130 Å². The minimum atomic E-state index is -0.612. The number of hydrogen-bond acceptors (Lipinski definition) is 8. The summed E-state index contributed by atoms with van der Waals surface area (Å²) in [7, 11) is 0. The number of aromatic nitrogens is 1. The lowest BCUT2D eigenvalue weighted by molar-refractivity contribution is -0.213. The molecule has 0 N–H and O–H groups in total. The van der Waals surface area contributed by atoms with Crippen LogP contribution in [0.3, 0.4) is 0 Å². The molecular weight excluding hydrogens is 618 g/mol. The Bertz CT molecular complexity index is 1410. The Kier molecular flexibility index (Phi) is 11.3. The average Bonchev–Trinajstić information content (AvgIpc) is 3.44. The molecule has 3 saturated carbocycles. The van der Waals surface area contributed by atoms with Gasteiger partial charge in [0.25, 0.3) is 0 Å². The van der Waals surface area contributed by atoms with Gasteiger partial charge in [0.15, 0.2) is 6.29 Å². The van der Waals surface area contributed by atoms with E-state index in [1.54, 1.807) is 29.6 Å². The smallest absolute Gasteiger partial charge is 0.303 e. The van der Waals surface area contributed by atoms with Gasteiger partial charge in [-0.1, -0.05) is 37.1 Å². The second-order valence-electron chi connectivity index (χ2n) is 15.7. The van der Waals surface area contributed by atoms with Crippen molar-refractivity contribution in [3.63, 3.8) is 0 Å². The van der Waals surface area contributed by atoms with Crippen molar-refractivity contribution in [3.05, 3.63) is 60.0 Å². The van der Waals surface area contributed by atoms with Crippen LogP contribution < -0.4 is 4.74 Å². The van der Waals surface area contributed by atoms with Crippen molar-refractivity contribution in [2.75, 3.05) is 13.2 Å². The molecule has 49 heavy (non-hydrogen) atoms. The maximum absolute atomic E-state index is 11.6. The summed E-state index contributed by atoms with van der Waals surface area (Å²) in [4.78, 5) is 27.2. The fraction of sp³-hybridized carbons (Fsp3) is 0.683. The predicted molar refractivity (Wildman–Crippen MR) is 187 cm³/mol. The van der Waals surface area contributed by atoms with Gasteiger partial charge in [0.05, 0.1) is 18.9 Å². The molecule has 6 rings (SSSR count). The fourth-order valence-electron chi connectivity index (χ4n) is 10.4. The number of carbonyl (C=O) groups is 2. The third kappa shape index (κ3) is 8.01. The number of unbranched alkanes of at least 4 members (excludes halogenated alkanes) is 2. The number of hydrogen-bond donors (Lipinski definition) is 0. The second kappa shape index (κ2) is 15.5. The van der Waals surface area contributed by atoms with Gasteiger partial charge in [-0.05, 0) is 136 Å². The summed E-state index contributed by atoms with van der Waals surface area (Å²) < 4.78 is 29.1. The Morgan fingerprint density at radius 3 is 2.65 bits per heavy atom. The molecule has 268 valence electrons. The zero-order chi connectivity index (χ0) is 34.6. The van der Waals surface area contributed by atoms with Crippen LogP contribution in [-0.2, 0) is 28.5 Å². The molecule has 10 atom stereocenters. The molecule has 2 heterocycles. The largest absolute Gasteiger partial charge is 0.492 e. The van der Waals surface area contributed by atoms with E-state index >= 15 is 0 Å². The highest BCUT2D eigenvalue weighted by atomic mass is 16.7. The SMILES string of the molecule is CC(=O)OC[C@H]1OC(O[C@H]2CC[C@@]3(C)C(=CC[C@H]4[C@@H]5CC[C@H](/C(C)=C/CCCCOc6cccnc6)[C@@]5(C)CC[C@@H]43)C2)C=C[C@@H]1OC(C)=O. The number of ether oxygens (including phenoxy) is 5. The first-order valence-corrected chi connectivity index (χ1v) is 18.8. The van der Waals surface area contributed by atoms with Crippen LogP contribution in [0.25, 0.3) is 0 Å². The number of allylic oxidation sites excluding steroid dienone is 3. The average molecular weight is 676 g/mol. The molecule has 0 aromatic carbocycles. The predicted octanol–water partition coefficient (Wildman–Crippen LogP) is 8.32. The summed E-state index contributed by atoms with van der Waals surface area (Å²) in [6.45, 7) is 11.0. The molecule has 0 amide bonds. The Hall–Kier alpha value is -2.97. The van der Waals surface area contributed by atoms with Gasteiger partial charge < -0.3 is 23.7 Å². The van der Waals surface area contributed by atoms with Crippen molar-refractivity contribution >= 4 is 11.9 Å². The first kappa shape index (κ1) is 35.8. The maximum Gasteiger partial charge on any atom is 0.303 e. The number of pyridine rings is 1. The lowest BCUT2D eigenvalue weighted by Gasteiger charge is -2.58. The highest BCUT2D eigenvalue weighted by molar-refractivity contribution is 5.67. The number of esters is 2. The standard InChI is InChI=1S/C41H57NO7/c1-27(10-7-6-8-23-45-32-11-9-22-42-25-32)34-14-15-35-33-13-12-30-24-31(18-20-40(30,4)36(33)19-21-41(34,35)5)48-39-17-16-37(47-29(3)44)38(49-39)26-46-28(2)43/h9-12,16-17,22,25,31,33-39H,6-8,13-15,18-21,23-24,26H2,1-5H3/b27-10+/t31-,33-,34+,35-,36-,37-,38+,39?,40-,41+/m0/s1. The van der Waals surface area contributed by atoms with E-state index in [0.717, 1.165) is 68.6 Å². The number of fused-ring (bicyclic) bond motifs is 5. The summed E-state index contributed by atoms with van der Waals surface area (Å²) in [5.74, 6) is 3.03. The van der Waals surface area contributed by atoms with Crippen LogP contribution in [-0.4, -0.2) is 54.7 Å². The van der Waals surface area contributed by atoms with Crippen LogP contribution in [0, 0.1) is 34.5 Å². The number of rotatable bonds is 12. The van der Waals surface area contributed by atoms with Gasteiger partial charge in [-0.25, -0.2) is 0 Å². The zero-order valence-corrected chi connectivity index (χ0v) is 30.2. The third-order valence-corrected chi connectivity index (χ3v) is 12.8. The van der Waals surface area contributed by atoms with Gasteiger partial charge >= 0.3 is 11.9 Å². The van der Waals surface area contributed by atoms with Crippen molar-refractivity contribution in [1.82, 2.24) is 4.98 Å². The molecule has 4 aliphatic carbocycles. The van der Waals surface area contributed by atoms with Crippen molar-refractivity contribution < 1.29 is 33.3 Å². The quantitative estimate of drug-likeness (QED) is 0.124. The van der Waals surface area contributed by atoms with E-state index in [9.17, 15) is 9.59 Å². The summed E-state index contributed by atoms with van der Waals surface area (Å²) in [6.07, 6.45) is 23.5. The first-order valence-electron chi connectivity index (χ1n) is 18.8. The maximum atomic E-state index is 11.6. The van der Waals surface area contributed by atoms with E-state index in [-0.39, 0.29) is 18.1 Å². The molecule has 1 aliphatic heterocycles. The molecule has 3 fully saturated rings. The summed E-state index contributed by atoms with van der Waals surface area (Å²) in [5.41, 5.74) is 3.80. The van der Waals surface area contributed by atoms with Crippen LogP contribution in [0.15, 0.2) is 60.0 Å². The van der Waals surface area contributed by atoms with Crippen molar-refractivity contribution in [1.29, 1.82) is 0 Å².